The largest absolute Gasteiger partial charge is 0.404 e. The van der Waals surface area contributed by atoms with Gasteiger partial charge in [-0.15, -0.1) is 0 Å². The van der Waals surface area contributed by atoms with Crippen molar-refractivity contribution in [3.8, 4) is 0 Å². The summed E-state index contributed by atoms with van der Waals surface area (Å²) in [7, 11) is 0. The van der Waals surface area contributed by atoms with Crippen LogP contribution >= 0.6 is 46.4 Å². The smallest absolute Gasteiger partial charge is 0.0801 e. The van der Waals surface area contributed by atoms with Crippen molar-refractivity contribution in [1.82, 2.24) is 0 Å². The van der Waals surface area contributed by atoms with E-state index in [0.29, 0.717) is 15.6 Å². The number of hydrogen-bond acceptors (Lipinski definition) is 1. The molecule has 0 saturated carbocycles. The van der Waals surface area contributed by atoms with E-state index >= 15 is 0 Å². The molecule has 0 aromatic rings. The van der Waals surface area contributed by atoms with E-state index in [-0.39, 0.29) is 10.1 Å². The first-order valence-corrected chi connectivity index (χ1v) is 4.14. The summed E-state index contributed by atoms with van der Waals surface area (Å²) in [6, 6.07) is 0. The van der Waals surface area contributed by atoms with Gasteiger partial charge in [0, 0.05) is 11.8 Å². The van der Waals surface area contributed by atoms with E-state index in [1.807, 2.05) is 0 Å². The number of allylic oxidation sites excluding steroid dienone is 5. The van der Waals surface area contributed by atoms with E-state index in [1.54, 1.807) is 0 Å². The Morgan fingerprint density at radius 1 is 0.818 bits per heavy atom. The molecule has 0 heterocycles. The molecular formula is C6H3Cl4N. The van der Waals surface area contributed by atoms with Gasteiger partial charge in [0.15, 0.2) is 0 Å². The molecule has 1 aliphatic carbocycles. The van der Waals surface area contributed by atoms with Crippen LogP contribution in [0.3, 0.4) is 0 Å². The van der Waals surface area contributed by atoms with E-state index in [1.165, 1.54) is 6.20 Å². The molecule has 0 saturated heterocycles. The van der Waals surface area contributed by atoms with Crippen LogP contribution in [-0.4, -0.2) is 0 Å². The second kappa shape index (κ2) is 3.28. The molecule has 0 aromatic carbocycles. The lowest BCUT2D eigenvalue weighted by Crippen LogP contribution is -1.86. The molecule has 0 aliphatic heterocycles. The van der Waals surface area contributed by atoms with Gasteiger partial charge in [0.25, 0.3) is 0 Å². The minimum absolute atomic E-state index is 0.245. The maximum Gasteiger partial charge on any atom is 0.0801 e. The molecule has 2 N–H and O–H groups in total. The summed E-state index contributed by atoms with van der Waals surface area (Å²) >= 11 is 22.7. The Hall–Kier alpha value is 0.180. The molecular weight excluding hydrogens is 228 g/mol. The quantitative estimate of drug-likeness (QED) is 0.680. The predicted molar refractivity (Wildman–Crippen MR) is 49.7 cm³/mol. The summed E-state index contributed by atoms with van der Waals surface area (Å²) in [4.78, 5) is 0. The van der Waals surface area contributed by atoms with Crippen molar-refractivity contribution in [1.29, 1.82) is 0 Å². The highest BCUT2D eigenvalue weighted by Gasteiger charge is 2.24. The average Bonchev–Trinajstić information content (AvgIpc) is 2.17. The van der Waals surface area contributed by atoms with E-state index in [9.17, 15) is 0 Å². The fourth-order valence-electron chi connectivity index (χ4n) is 0.672. The van der Waals surface area contributed by atoms with E-state index in [0.717, 1.165) is 0 Å². The van der Waals surface area contributed by atoms with Crippen molar-refractivity contribution in [3.63, 3.8) is 0 Å². The van der Waals surface area contributed by atoms with Gasteiger partial charge in [-0.1, -0.05) is 46.4 Å². The Bertz CT molecular complexity index is 261. The van der Waals surface area contributed by atoms with Crippen molar-refractivity contribution >= 4 is 46.4 Å². The van der Waals surface area contributed by atoms with Crippen LogP contribution in [0.4, 0.5) is 0 Å². The minimum Gasteiger partial charge on any atom is -0.404 e. The number of nitrogens with two attached hydrogens (primary N) is 1. The fourth-order valence-corrected chi connectivity index (χ4v) is 1.71. The molecule has 0 bridgehead atoms. The SMILES string of the molecule is NC=C1C(Cl)=C(Cl)C(Cl)=C1Cl. The maximum absolute atomic E-state index is 5.71. The molecule has 0 fully saturated rings. The van der Waals surface area contributed by atoms with Crippen molar-refractivity contribution in [2.45, 2.75) is 0 Å². The topological polar surface area (TPSA) is 26.0 Å². The second-order valence-corrected chi connectivity index (χ2v) is 3.35. The molecule has 5 heteroatoms. The Morgan fingerprint density at radius 3 is 1.36 bits per heavy atom. The van der Waals surface area contributed by atoms with Crippen LogP contribution in [0.2, 0.25) is 0 Å². The Labute approximate surface area is 84.0 Å². The van der Waals surface area contributed by atoms with E-state index in [4.69, 9.17) is 52.1 Å². The lowest BCUT2D eigenvalue weighted by molar-refractivity contribution is 1.51. The first kappa shape index (κ1) is 9.27. The van der Waals surface area contributed by atoms with Crippen molar-refractivity contribution < 1.29 is 0 Å². The van der Waals surface area contributed by atoms with Gasteiger partial charge < -0.3 is 5.73 Å². The molecule has 11 heavy (non-hydrogen) atoms. The molecule has 0 spiro atoms. The first-order valence-electron chi connectivity index (χ1n) is 2.63. The summed E-state index contributed by atoms with van der Waals surface area (Å²) in [6.45, 7) is 0. The average molecular weight is 231 g/mol. The van der Waals surface area contributed by atoms with Gasteiger partial charge in [-0.3, -0.25) is 0 Å². The van der Waals surface area contributed by atoms with E-state index < -0.39 is 0 Å². The minimum atomic E-state index is 0.245. The highest BCUT2D eigenvalue weighted by molar-refractivity contribution is 6.55. The van der Waals surface area contributed by atoms with Gasteiger partial charge in [-0.2, -0.15) is 0 Å². The standard InChI is InChI=1S/C6H3Cl4N/c7-3-2(1-11)4(8)6(10)5(3)9/h1H,11H2. The van der Waals surface area contributed by atoms with Crippen LogP contribution in [0.15, 0.2) is 31.9 Å². The number of halogens is 4. The van der Waals surface area contributed by atoms with Gasteiger partial charge in [0.2, 0.25) is 0 Å². The zero-order valence-electron chi connectivity index (χ0n) is 5.17. The van der Waals surface area contributed by atoms with Gasteiger partial charge in [0.05, 0.1) is 20.1 Å². The third-order valence-electron chi connectivity index (χ3n) is 1.22. The summed E-state index contributed by atoms with van der Waals surface area (Å²) in [6.07, 6.45) is 1.27. The zero-order chi connectivity index (χ0) is 8.59. The summed E-state index contributed by atoms with van der Waals surface area (Å²) in [5.41, 5.74) is 5.70. The predicted octanol–water partition coefficient (Wildman–Crippen LogP) is 3.22. The van der Waals surface area contributed by atoms with Gasteiger partial charge in [-0.05, 0) is 0 Å². The van der Waals surface area contributed by atoms with Crippen molar-refractivity contribution in [3.05, 3.63) is 31.9 Å². The molecule has 1 nitrogen and oxygen atoms in total. The van der Waals surface area contributed by atoms with E-state index in [2.05, 4.69) is 0 Å². The molecule has 1 rings (SSSR count). The highest BCUT2D eigenvalue weighted by atomic mass is 35.5. The normalized spacial score (nSPS) is 18.4. The lowest BCUT2D eigenvalue weighted by atomic mass is 10.3. The van der Waals surface area contributed by atoms with Crippen molar-refractivity contribution in [2.24, 2.45) is 5.73 Å². The lowest BCUT2D eigenvalue weighted by Gasteiger charge is -1.94. The Kier molecular flexibility index (Phi) is 2.76. The van der Waals surface area contributed by atoms with Crippen LogP contribution in [0.5, 0.6) is 0 Å². The summed E-state index contributed by atoms with van der Waals surface area (Å²) in [5, 5.41) is 1.08. The van der Waals surface area contributed by atoms with Crippen LogP contribution in [0.1, 0.15) is 0 Å². The first-order chi connectivity index (χ1) is 5.09. The molecule has 60 valence electrons. The Morgan fingerprint density at radius 2 is 1.18 bits per heavy atom. The van der Waals surface area contributed by atoms with Gasteiger partial charge >= 0.3 is 0 Å². The number of hydrogen-bond donors (Lipinski definition) is 1. The maximum atomic E-state index is 5.71. The molecule has 0 aromatic heterocycles. The molecule has 0 atom stereocenters. The third kappa shape index (κ3) is 1.38. The molecule has 1 aliphatic rings. The molecule has 0 amide bonds. The van der Waals surface area contributed by atoms with Crippen LogP contribution in [0.25, 0.3) is 0 Å². The zero-order valence-corrected chi connectivity index (χ0v) is 8.19. The van der Waals surface area contributed by atoms with Crippen molar-refractivity contribution in [2.75, 3.05) is 0 Å². The summed E-state index contributed by atoms with van der Waals surface area (Å²) < 4.78 is 0. The number of rotatable bonds is 0. The molecule has 0 unspecified atom stereocenters. The molecule has 0 radical (unpaired) electrons. The summed E-state index contributed by atoms with van der Waals surface area (Å²) in [5.74, 6) is 0. The Balaban J connectivity index is 3.26. The third-order valence-corrected chi connectivity index (χ3v) is 3.05. The van der Waals surface area contributed by atoms with Crippen LogP contribution in [0, 0.1) is 0 Å². The highest BCUT2D eigenvalue weighted by Crippen LogP contribution is 2.44. The fraction of sp³-hybridized carbons (Fsp3) is 0. The van der Waals surface area contributed by atoms with Gasteiger partial charge in [-0.25, -0.2) is 0 Å². The van der Waals surface area contributed by atoms with Crippen LogP contribution in [-0.2, 0) is 0 Å². The second-order valence-electron chi connectivity index (χ2n) is 1.84. The monoisotopic (exact) mass is 229 g/mol. The van der Waals surface area contributed by atoms with Gasteiger partial charge in [0.1, 0.15) is 0 Å². The van der Waals surface area contributed by atoms with Crippen LogP contribution < -0.4 is 5.73 Å².